The van der Waals surface area contributed by atoms with Gasteiger partial charge in [-0.3, -0.25) is 0 Å². The molecular weight excluding hydrogens is 218 g/mol. The highest BCUT2D eigenvalue weighted by molar-refractivity contribution is 7.91. The molecule has 1 aromatic heterocycles. The van der Waals surface area contributed by atoms with Crippen LogP contribution in [-0.4, -0.2) is 15.0 Å². The van der Waals surface area contributed by atoms with Crippen LogP contribution in [0, 0.1) is 0 Å². The molecule has 1 heterocycles. The predicted molar refractivity (Wildman–Crippen MR) is 50.2 cm³/mol. The smallest absolute Gasteiger partial charge is 0.211 e. The van der Waals surface area contributed by atoms with Crippen molar-refractivity contribution in [3.05, 3.63) is 16.5 Å². The third-order valence-corrected chi connectivity index (χ3v) is 4.42. The molecule has 6 heteroatoms. The summed E-state index contributed by atoms with van der Waals surface area (Å²) in [6, 6.07) is 3.06. The number of hydrogen-bond donors (Lipinski definition) is 1. The molecule has 1 N–H and O–H groups in total. The third-order valence-electron chi connectivity index (χ3n) is 1.15. The highest BCUT2D eigenvalue weighted by Gasteiger charge is 2.14. The van der Waals surface area contributed by atoms with E-state index >= 15 is 0 Å². The first-order chi connectivity index (χ1) is 5.56. The zero-order chi connectivity index (χ0) is 9.19. The van der Waals surface area contributed by atoms with E-state index in [1.807, 2.05) is 0 Å². The lowest BCUT2D eigenvalue weighted by atomic mass is 10.7. The molecule has 0 radical (unpaired) electrons. The van der Waals surface area contributed by atoms with Gasteiger partial charge in [0.15, 0.2) is 0 Å². The molecule has 0 bridgehead atoms. The molecule has 1 aromatic rings. The van der Waals surface area contributed by atoms with Crippen molar-refractivity contribution < 1.29 is 8.42 Å². The highest BCUT2D eigenvalue weighted by atomic mass is 35.5. The summed E-state index contributed by atoms with van der Waals surface area (Å²) in [5.74, 6) is 0. The minimum absolute atomic E-state index is 0.259. The Hall–Kier alpha value is -0.100. The standard InChI is InChI=1S/C6H8ClNO2S2/c1-2-8-12(9,10)6-4-3-5(7)11-6/h3-4,8H,2H2,1H3. The summed E-state index contributed by atoms with van der Waals surface area (Å²) in [6.07, 6.45) is 0. The van der Waals surface area contributed by atoms with Gasteiger partial charge in [0.05, 0.1) is 4.34 Å². The Kier molecular flexibility index (Phi) is 3.11. The van der Waals surface area contributed by atoms with Crippen molar-refractivity contribution in [2.24, 2.45) is 0 Å². The number of nitrogens with one attached hydrogen (secondary N) is 1. The highest BCUT2D eigenvalue weighted by Crippen LogP contribution is 2.24. The molecule has 0 aromatic carbocycles. The van der Waals surface area contributed by atoms with Crippen LogP contribution in [0.3, 0.4) is 0 Å². The van der Waals surface area contributed by atoms with Gasteiger partial charge in [-0.25, -0.2) is 13.1 Å². The molecular formula is C6H8ClNO2S2. The largest absolute Gasteiger partial charge is 0.250 e. The molecule has 0 aliphatic rings. The zero-order valence-electron chi connectivity index (χ0n) is 6.37. The molecule has 0 fully saturated rings. The summed E-state index contributed by atoms with van der Waals surface area (Å²) >= 11 is 6.64. The maximum absolute atomic E-state index is 11.3. The van der Waals surface area contributed by atoms with Gasteiger partial charge in [-0.1, -0.05) is 18.5 Å². The fraction of sp³-hybridized carbons (Fsp3) is 0.333. The predicted octanol–water partition coefficient (Wildman–Crippen LogP) is 1.70. The van der Waals surface area contributed by atoms with E-state index in [1.54, 1.807) is 13.0 Å². The Morgan fingerprint density at radius 3 is 2.67 bits per heavy atom. The van der Waals surface area contributed by atoms with Crippen LogP contribution in [0.5, 0.6) is 0 Å². The van der Waals surface area contributed by atoms with Crippen LogP contribution in [0.25, 0.3) is 0 Å². The van der Waals surface area contributed by atoms with Crippen molar-refractivity contribution in [3.63, 3.8) is 0 Å². The first-order valence-electron chi connectivity index (χ1n) is 3.31. The fourth-order valence-electron chi connectivity index (χ4n) is 0.703. The maximum atomic E-state index is 11.3. The lowest BCUT2D eigenvalue weighted by Crippen LogP contribution is -2.22. The molecule has 0 unspecified atom stereocenters. The van der Waals surface area contributed by atoms with Gasteiger partial charge < -0.3 is 0 Å². The molecule has 0 saturated carbocycles. The number of sulfonamides is 1. The molecule has 1 rings (SSSR count). The molecule has 12 heavy (non-hydrogen) atoms. The van der Waals surface area contributed by atoms with Crippen molar-refractivity contribution in [1.29, 1.82) is 0 Å². The molecule has 0 atom stereocenters. The lowest BCUT2D eigenvalue weighted by molar-refractivity contribution is 0.586. The van der Waals surface area contributed by atoms with Crippen LogP contribution >= 0.6 is 22.9 Å². The maximum Gasteiger partial charge on any atom is 0.250 e. The molecule has 0 aliphatic heterocycles. The van der Waals surface area contributed by atoms with E-state index in [-0.39, 0.29) is 4.21 Å². The second-order valence-electron chi connectivity index (χ2n) is 2.06. The van der Waals surface area contributed by atoms with Crippen LogP contribution in [0.1, 0.15) is 6.92 Å². The van der Waals surface area contributed by atoms with Crippen molar-refractivity contribution in [1.82, 2.24) is 4.72 Å². The van der Waals surface area contributed by atoms with Gasteiger partial charge in [-0.05, 0) is 12.1 Å². The van der Waals surface area contributed by atoms with Crippen LogP contribution in [0.15, 0.2) is 16.3 Å². The first-order valence-corrected chi connectivity index (χ1v) is 5.99. The second kappa shape index (κ2) is 3.74. The lowest BCUT2D eigenvalue weighted by Gasteiger charge is -1.98. The Morgan fingerprint density at radius 1 is 1.58 bits per heavy atom. The average molecular weight is 226 g/mol. The van der Waals surface area contributed by atoms with Gasteiger partial charge in [0.2, 0.25) is 10.0 Å². The number of hydrogen-bond acceptors (Lipinski definition) is 3. The van der Waals surface area contributed by atoms with E-state index in [0.29, 0.717) is 10.9 Å². The molecule has 0 spiro atoms. The summed E-state index contributed by atoms with van der Waals surface area (Å²) in [6.45, 7) is 2.12. The monoisotopic (exact) mass is 225 g/mol. The van der Waals surface area contributed by atoms with Crippen molar-refractivity contribution >= 4 is 33.0 Å². The van der Waals surface area contributed by atoms with Gasteiger partial charge in [-0.2, -0.15) is 0 Å². The summed E-state index contributed by atoms with van der Waals surface area (Å²) in [5.41, 5.74) is 0. The normalized spacial score (nSPS) is 11.8. The second-order valence-corrected chi connectivity index (χ2v) is 5.77. The topological polar surface area (TPSA) is 46.2 Å². The van der Waals surface area contributed by atoms with E-state index in [4.69, 9.17) is 11.6 Å². The zero-order valence-corrected chi connectivity index (χ0v) is 8.76. The minimum atomic E-state index is -3.31. The SMILES string of the molecule is CCNS(=O)(=O)c1ccc(Cl)s1. The Balaban J connectivity index is 2.98. The van der Waals surface area contributed by atoms with E-state index in [9.17, 15) is 8.42 Å². The van der Waals surface area contributed by atoms with E-state index < -0.39 is 10.0 Å². The first kappa shape index (κ1) is 9.98. The molecule has 0 saturated heterocycles. The Labute approximate surface area is 80.4 Å². The van der Waals surface area contributed by atoms with Crippen LogP contribution < -0.4 is 4.72 Å². The molecule has 68 valence electrons. The molecule has 3 nitrogen and oxygen atoms in total. The number of rotatable bonds is 3. The van der Waals surface area contributed by atoms with Gasteiger partial charge in [-0.15, -0.1) is 11.3 Å². The minimum Gasteiger partial charge on any atom is -0.211 e. The van der Waals surface area contributed by atoms with E-state index in [1.165, 1.54) is 6.07 Å². The van der Waals surface area contributed by atoms with Crippen LogP contribution in [0.4, 0.5) is 0 Å². The van der Waals surface area contributed by atoms with Gasteiger partial charge in [0, 0.05) is 6.54 Å². The Morgan fingerprint density at radius 2 is 2.25 bits per heavy atom. The molecule has 0 amide bonds. The summed E-state index contributed by atoms with van der Waals surface area (Å²) < 4.78 is 25.7. The van der Waals surface area contributed by atoms with Crippen molar-refractivity contribution in [2.75, 3.05) is 6.54 Å². The number of halogens is 1. The quantitative estimate of drug-likeness (QED) is 0.851. The van der Waals surface area contributed by atoms with E-state index in [0.717, 1.165) is 11.3 Å². The van der Waals surface area contributed by atoms with Gasteiger partial charge >= 0.3 is 0 Å². The summed E-state index contributed by atoms with van der Waals surface area (Å²) in [7, 11) is -3.31. The van der Waals surface area contributed by atoms with Crippen LogP contribution in [0.2, 0.25) is 4.34 Å². The molecule has 0 aliphatic carbocycles. The summed E-state index contributed by atoms with van der Waals surface area (Å²) in [5, 5.41) is 0. The van der Waals surface area contributed by atoms with Crippen molar-refractivity contribution in [3.8, 4) is 0 Å². The third kappa shape index (κ3) is 2.20. The van der Waals surface area contributed by atoms with E-state index in [2.05, 4.69) is 4.72 Å². The number of thiophene rings is 1. The van der Waals surface area contributed by atoms with Crippen LogP contribution in [-0.2, 0) is 10.0 Å². The van der Waals surface area contributed by atoms with Gasteiger partial charge in [0.25, 0.3) is 0 Å². The van der Waals surface area contributed by atoms with Crippen molar-refractivity contribution in [2.45, 2.75) is 11.1 Å². The summed E-state index contributed by atoms with van der Waals surface area (Å²) in [4.78, 5) is 0. The fourth-order valence-corrected chi connectivity index (χ4v) is 3.27. The average Bonchev–Trinajstić information content (AvgIpc) is 2.36. The Bertz CT molecular complexity index is 357. The van der Waals surface area contributed by atoms with Gasteiger partial charge in [0.1, 0.15) is 4.21 Å².